The second kappa shape index (κ2) is 4.83. The molecule has 0 aliphatic rings. The SMILES string of the molecule is C=Cc1ccccc1COC(C)C. The van der Waals surface area contributed by atoms with Crippen molar-refractivity contribution >= 4 is 6.08 Å². The topological polar surface area (TPSA) is 9.23 Å². The lowest BCUT2D eigenvalue weighted by Crippen LogP contribution is -2.03. The van der Waals surface area contributed by atoms with Crippen LogP contribution in [0.4, 0.5) is 0 Å². The van der Waals surface area contributed by atoms with Crippen LogP contribution < -0.4 is 0 Å². The van der Waals surface area contributed by atoms with E-state index < -0.39 is 0 Å². The van der Waals surface area contributed by atoms with Gasteiger partial charge in [0.1, 0.15) is 0 Å². The Bertz CT molecular complexity index is 276. The van der Waals surface area contributed by atoms with Gasteiger partial charge in [0.05, 0.1) is 12.7 Å². The molecular formula is C12H16O. The first kappa shape index (κ1) is 10.0. The summed E-state index contributed by atoms with van der Waals surface area (Å²) in [5.41, 5.74) is 2.36. The highest BCUT2D eigenvalue weighted by Gasteiger charge is 1.99. The van der Waals surface area contributed by atoms with Gasteiger partial charge in [0, 0.05) is 0 Å². The minimum absolute atomic E-state index is 0.276. The van der Waals surface area contributed by atoms with E-state index in [4.69, 9.17) is 4.74 Å². The molecule has 0 heterocycles. The van der Waals surface area contributed by atoms with E-state index in [9.17, 15) is 0 Å². The van der Waals surface area contributed by atoms with Gasteiger partial charge in [0.2, 0.25) is 0 Å². The first-order valence-electron chi connectivity index (χ1n) is 4.56. The molecule has 0 aliphatic carbocycles. The molecule has 0 N–H and O–H groups in total. The first-order valence-corrected chi connectivity index (χ1v) is 4.56. The summed E-state index contributed by atoms with van der Waals surface area (Å²) in [6, 6.07) is 8.15. The lowest BCUT2D eigenvalue weighted by Gasteiger charge is -2.09. The van der Waals surface area contributed by atoms with Gasteiger partial charge in [0.25, 0.3) is 0 Å². The minimum Gasteiger partial charge on any atom is -0.374 e. The Kier molecular flexibility index (Phi) is 3.71. The van der Waals surface area contributed by atoms with Gasteiger partial charge in [-0.1, -0.05) is 36.9 Å². The van der Waals surface area contributed by atoms with Gasteiger partial charge in [-0.05, 0) is 25.0 Å². The molecule has 0 unspecified atom stereocenters. The Balaban J connectivity index is 2.69. The summed E-state index contributed by atoms with van der Waals surface area (Å²) < 4.78 is 5.52. The van der Waals surface area contributed by atoms with Crippen LogP contribution in [0.15, 0.2) is 30.8 Å². The molecule has 0 spiro atoms. The van der Waals surface area contributed by atoms with Gasteiger partial charge in [-0.25, -0.2) is 0 Å². The molecule has 0 saturated heterocycles. The van der Waals surface area contributed by atoms with Gasteiger partial charge < -0.3 is 4.74 Å². The number of rotatable bonds is 4. The van der Waals surface area contributed by atoms with Crippen molar-refractivity contribution in [3.8, 4) is 0 Å². The molecule has 70 valence electrons. The quantitative estimate of drug-likeness (QED) is 0.684. The van der Waals surface area contributed by atoms with Gasteiger partial charge >= 0.3 is 0 Å². The normalized spacial score (nSPS) is 10.4. The van der Waals surface area contributed by atoms with E-state index in [-0.39, 0.29) is 6.10 Å². The summed E-state index contributed by atoms with van der Waals surface area (Å²) in [6.07, 6.45) is 2.14. The van der Waals surface area contributed by atoms with Crippen LogP contribution >= 0.6 is 0 Å². The third kappa shape index (κ3) is 3.03. The van der Waals surface area contributed by atoms with Gasteiger partial charge in [-0.3, -0.25) is 0 Å². The van der Waals surface area contributed by atoms with Crippen LogP contribution in [-0.4, -0.2) is 6.10 Å². The maximum absolute atomic E-state index is 5.52. The molecule has 1 rings (SSSR count). The maximum Gasteiger partial charge on any atom is 0.0726 e. The van der Waals surface area contributed by atoms with Crippen LogP contribution in [0.3, 0.4) is 0 Å². The summed E-state index contributed by atoms with van der Waals surface area (Å²) in [5, 5.41) is 0. The third-order valence-electron chi connectivity index (χ3n) is 1.85. The van der Waals surface area contributed by atoms with Crippen molar-refractivity contribution in [2.45, 2.75) is 26.6 Å². The van der Waals surface area contributed by atoms with Crippen molar-refractivity contribution in [1.29, 1.82) is 0 Å². The zero-order chi connectivity index (χ0) is 9.68. The lowest BCUT2D eigenvalue weighted by molar-refractivity contribution is 0.0656. The van der Waals surface area contributed by atoms with E-state index >= 15 is 0 Å². The fraction of sp³-hybridized carbons (Fsp3) is 0.333. The molecule has 1 aromatic rings. The zero-order valence-corrected chi connectivity index (χ0v) is 8.29. The Morgan fingerprint density at radius 3 is 2.69 bits per heavy atom. The summed E-state index contributed by atoms with van der Waals surface area (Å²) in [5.74, 6) is 0. The van der Waals surface area contributed by atoms with Gasteiger partial charge in [-0.2, -0.15) is 0 Å². The van der Waals surface area contributed by atoms with Crippen molar-refractivity contribution in [1.82, 2.24) is 0 Å². The predicted molar refractivity (Wildman–Crippen MR) is 56.5 cm³/mol. The molecule has 1 heteroatoms. The predicted octanol–water partition coefficient (Wildman–Crippen LogP) is 3.25. The molecule has 1 nitrogen and oxygen atoms in total. The highest BCUT2D eigenvalue weighted by Crippen LogP contribution is 2.11. The highest BCUT2D eigenvalue weighted by atomic mass is 16.5. The zero-order valence-electron chi connectivity index (χ0n) is 8.29. The van der Waals surface area contributed by atoms with Crippen molar-refractivity contribution < 1.29 is 4.74 Å². The Morgan fingerprint density at radius 1 is 1.38 bits per heavy atom. The molecule has 0 amide bonds. The molecule has 0 saturated carbocycles. The number of benzene rings is 1. The first-order chi connectivity index (χ1) is 6.24. The van der Waals surface area contributed by atoms with Gasteiger partial charge in [0.15, 0.2) is 0 Å². The van der Waals surface area contributed by atoms with Crippen LogP contribution in [-0.2, 0) is 11.3 Å². The van der Waals surface area contributed by atoms with E-state index in [1.807, 2.05) is 38.1 Å². The third-order valence-corrected chi connectivity index (χ3v) is 1.85. The smallest absolute Gasteiger partial charge is 0.0726 e. The van der Waals surface area contributed by atoms with Crippen LogP contribution in [0.5, 0.6) is 0 Å². The number of hydrogen-bond acceptors (Lipinski definition) is 1. The Hall–Kier alpha value is -1.08. The summed E-state index contributed by atoms with van der Waals surface area (Å²) in [6.45, 7) is 8.51. The van der Waals surface area contributed by atoms with Crippen LogP contribution in [0, 0.1) is 0 Å². The average Bonchev–Trinajstić information content (AvgIpc) is 2.15. The van der Waals surface area contributed by atoms with Crippen LogP contribution in [0.2, 0.25) is 0 Å². The molecule has 0 aromatic heterocycles. The molecule has 0 aliphatic heterocycles. The maximum atomic E-state index is 5.52. The van der Waals surface area contributed by atoms with E-state index in [0.717, 1.165) is 5.56 Å². The summed E-state index contributed by atoms with van der Waals surface area (Å²) >= 11 is 0. The van der Waals surface area contributed by atoms with E-state index in [0.29, 0.717) is 6.61 Å². The molecule has 0 bridgehead atoms. The van der Waals surface area contributed by atoms with Gasteiger partial charge in [-0.15, -0.1) is 0 Å². The fourth-order valence-corrected chi connectivity index (χ4v) is 1.12. The minimum atomic E-state index is 0.276. The van der Waals surface area contributed by atoms with Crippen LogP contribution in [0.25, 0.3) is 6.08 Å². The molecule has 0 fully saturated rings. The lowest BCUT2D eigenvalue weighted by atomic mass is 10.1. The van der Waals surface area contributed by atoms with Crippen molar-refractivity contribution in [3.63, 3.8) is 0 Å². The second-order valence-corrected chi connectivity index (χ2v) is 3.26. The second-order valence-electron chi connectivity index (χ2n) is 3.26. The number of ether oxygens (including phenoxy) is 1. The van der Waals surface area contributed by atoms with E-state index in [2.05, 4.69) is 12.6 Å². The molecule has 13 heavy (non-hydrogen) atoms. The number of hydrogen-bond donors (Lipinski definition) is 0. The summed E-state index contributed by atoms with van der Waals surface area (Å²) in [4.78, 5) is 0. The Morgan fingerprint density at radius 2 is 2.08 bits per heavy atom. The molecule has 1 aromatic carbocycles. The Labute approximate surface area is 80.0 Å². The van der Waals surface area contributed by atoms with Crippen LogP contribution in [0.1, 0.15) is 25.0 Å². The largest absolute Gasteiger partial charge is 0.374 e. The average molecular weight is 176 g/mol. The molecular weight excluding hydrogens is 160 g/mol. The summed E-state index contributed by atoms with van der Waals surface area (Å²) in [7, 11) is 0. The molecule has 0 atom stereocenters. The molecule has 0 radical (unpaired) electrons. The van der Waals surface area contributed by atoms with E-state index in [1.54, 1.807) is 0 Å². The standard InChI is InChI=1S/C12H16O/c1-4-11-7-5-6-8-12(11)9-13-10(2)3/h4-8,10H,1,9H2,2-3H3. The monoisotopic (exact) mass is 176 g/mol. The fourth-order valence-electron chi connectivity index (χ4n) is 1.12. The van der Waals surface area contributed by atoms with E-state index in [1.165, 1.54) is 5.56 Å². The van der Waals surface area contributed by atoms with Crippen molar-refractivity contribution in [2.24, 2.45) is 0 Å². The van der Waals surface area contributed by atoms with Crippen molar-refractivity contribution in [3.05, 3.63) is 42.0 Å². The van der Waals surface area contributed by atoms with Crippen molar-refractivity contribution in [2.75, 3.05) is 0 Å². The highest BCUT2D eigenvalue weighted by molar-refractivity contribution is 5.51.